The summed E-state index contributed by atoms with van der Waals surface area (Å²) >= 11 is 0. The maximum Gasteiger partial charge on any atom is 0.115 e. The van der Waals surface area contributed by atoms with Crippen molar-refractivity contribution in [3.8, 4) is 0 Å². The van der Waals surface area contributed by atoms with E-state index in [1.165, 1.54) is 30.3 Å². The van der Waals surface area contributed by atoms with Crippen molar-refractivity contribution in [1.82, 2.24) is 9.55 Å². The van der Waals surface area contributed by atoms with Crippen LogP contribution in [0, 0.1) is 0 Å². The molecule has 3 heteroatoms. The van der Waals surface area contributed by atoms with Crippen molar-refractivity contribution in [2.75, 3.05) is 0 Å². The fourth-order valence-electron chi connectivity index (χ4n) is 3.65. The zero-order valence-electron chi connectivity index (χ0n) is 13.7. The van der Waals surface area contributed by atoms with Crippen molar-refractivity contribution < 1.29 is 0 Å². The van der Waals surface area contributed by atoms with Gasteiger partial charge in [0.2, 0.25) is 0 Å². The van der Waals surface area contributed by atoms with Gasteiger partial charge in [0.25, 0.3) is 0 Å². The highest BCUT2D eigenvalue weighted by Crippen LogP contribution is 2.36. The van der Waals surface area contributed by atoms with Gasteiger partial charge in [-0.15, -0.1) is 0 Å². The Labute approximate surface area is 127 Å². The Hall–Kier alpha value is -1.35. The van der Waals surface area contributed by atoms with E-state index in [1.54, 1.807) is 0 Å². The Morgan fingerprint density at radius 1 is 1.14 bits per heavy atom. The van der Waals surface area contributed by atoms with E-state index >= 15 is 0 Å². The lowest BCUT2D eigenvalue weighted by Gasteiger charge is -2.33. The number of imidazole rings is 1. The predicted octanol–water partition coefficient (Wildman–Crippen LogP) is 3.99. The summed E-state index contributed by atoms with van der Waals surface area (Å²) in [5.74, 6) is 1.13. The van der Waals surface area contributed by atoms with E-state index in [9.17, 15) is 0 Å². The average molecular weight is 285 g/mol. The number of aryl methyl sites for hydroxylation is 1. The monoisotopic (exact) mass is 285 g/mol. The number of benzene rings is 1. The standard InChI is InChI=1S/C18H27N3/c1-17(2,3)16-20-14-12-13(8-9-15(14)21(16)4)18(19)10-6-5-7-11-18/h8-9,12H,5-7,10-11,19H2,1-4H3. The molecule has 21 heavy (non-hydrogen) atoms. The lowest BCUT2D eigenvalue weighted by Crippen LogP contribution is -2.38. The first-order valence-electron chi connectivity index (χ1n) is 8.08. The zero-order chi connectivity index (χ0) is 15.3. The normalized spacial score (nSPS) is 19.1. The zero-order valence-corrected chi connectivity index (χ0v) is 13.7. The van der Waals surface area contributed by atoms with Crippen LogP contribution in [0.2, 0.25) is 0 Å². The van der Waals surface area contributed by atoms with Crippen molar-refractivity contribution in [3.63, 3.8) is 0 Å². The minimum Gasteiger partial charge on any atom is -0.331 e. The molecule has 1 fully saturated rings. The molecule has 0 atom stereocenters. The molecule has 0 saturated heterocycles. The van der Waals surface area contributed by atoms with Crippen LogP contribution >= 0.6 is 0 Å². The fourth-order valence-corrected chi connectivity index (χ4v) is 3.65. The van der Waals surface area contributed by atoms with Crippen LogP contribution in [-0.4, -0.2) is 9.55 Å². The average Bonchev–Trinajstić information content (AvgIpc) is 2.77. The van der Waals surface area contributed by atoms with Gasteiger partial charge in [0.15, 0.2) is 0 Å². The second-order valence-electron chi connectivity index (χ2n) is 7.66. The lowest BCUT2D eigenvalue weighted by molar-refractivity contribution is 0.302. The van der Waals surface area contributed by atoms with Crippen molar-refractivity contribution in [2.45, 2.75) is 63.8 Å². The number of nitrogens with zero attached hydrogens (tertiary/aromatic N) is 2. The molecule has 1 aliphatic rings. The maximum atomic E-state index is 6.67. The molecule has 2 aromatic rings. The van der Waals surface area contributed by atoms with E-state index in [4.69, 9.17) is 10.7 Å². The number of hydrogen-bond donors (Lipinski definition) is 1. The van der Waals surface area contributed by atoms with Crippen LogP contribution in [0.3, 0.4) is 0 Å². The summed E-state index contributed by atoms with van der Waals surface area (Å²) < 4.78 is 2.21. The van der Waals surface area contributed by atoms with Crippen molar-refractivity contribution in [1.29, 1.82) is 0 Å². The smallest absolute Gasteiger partial charge is 0.115 e. The van der Waals surface area contributed by atoms with Gasteiger partial charge < -0.3 is 10.3 Å². The van der Waals surface area contributed by atoms with E-state index in [2.05, 4.69) is 50.6 Å². The van der Waals surface area contributed by atoms with Crippen molar-refractivity contribution >= 4 is 11.0 Å². The Kier molecular flexibility index (Phi) is 3.36. The van der Waals surface area contributed by atoms with Gasteiger partial charge in [0.1, 0.15) is 5.82 Å². The molecule has 1 saturated carbocycles. The molecule has 1 aliphatic carbocycles. The Bertz CT molecular complexity index is 655. The van der Waals surface area contributed by atoms with Gasteiger partial charge in [-0.3, -0.25) is 0 Å². The molecule has 3 nitrogen and oxygen atoms in total. The van der Waals surface area contributed by atoms with Gasteiger partial charge in [-0.25, -0.2) is 4.98 Å². The SMILES string of the molecule is Cn1c(C(C)(C)C)nc2cc(C3(N)CCCCC3)ccc21. The predicted molar refractivity (Wildman–Crippen MR) is 88.4 cm³/mol. The Balaban J connectivity index is 2.08. The molecule has 0 unspecified atom stereocenters. The summed E-state index contributed by atoms with van der Waals surface area (Å²) in [5, 5.41) is 0. The fraction of sp³-hybridized carbons (Fsp3) is 0.611. The molecule has 0 aliphatic heterocycles. The maximum absolute atomic E-state index is 6.67. The number of aromatic nitrogens is 2. The third-order valence-electron chi connectivity index (χ3n) is 4.87. The Morgan fingerprint density at radius 3 is 2.43 bits per heavy atom. The van der Waals surface area contributed by atoms with Crippen molar-refractivity contribution in [3.05, 3.63) is 29.6 Å². The highest BCUT2D eigenvalue weighted by Gasteiger charge is 2.30. The van der Waals surface area contributed by atoms with E-state index in [-0.39, 0.29) is 11.0 Å². The number of nitrogens with two attached hydrogens (primary N) is 1. The first-order valence-corrected chi connectivity index (χ1v) is 8.08. The number of rotatable bonds is 1. The Morgan fingerprint density at radius 2 is 1.81 bits per heavy atom. The van der Waals surface area contributed by atoms with Gasteiger partial charge in [-0.2, -0.15) is 0 Å². The molecule has 1 aromatic carbocycles. The largest absolute Gasteiger partial charge is 0.331 e. The summed E-state index contributed by atoms with van der Waals surface area (Å²) in [6, 6.07) is 6.62. The minimum atomic E-state index is -0.147. The molecule has 0 radical (unpaired) electrons. The molecule has 1 heterocycles. The topological polar surface area (TPSA) is 43.8 Å². The van der Waals surface area contributed by atoms with E-state index in [0.29, 0.717) is 0 Å². The van der Waals surface area contributed by atoms with Crippen LogP contribution in [0.25, 0.3) is 11.0 Å². The summed E-state index contributed by atoms with van der Waals surface area (Å²) in [6.07, 6.45) is 5.99. The molecule has 114 valence electrons. The molecule has 1 aromatic heterocycles. The third-order valence-corrected chi connectivity index (χ3v) is 4.87. The summed E-state index contributed by atoms with van der Waals surface area (Å²) in [6.45, 7) is 6.63. The van der Waals surface area contributed by atoms with Crippen LogP contribution < -0.4 is 5.73 Å². The van der Waals surface area contributed by atoms with E-state index < -0.39 is 0 Å². The number of hydrogen-bond acceptors (Lipinski definition) is 2. The quantitative estimate of drug-likeness (QED) is 0.861. The van der Waals surface area contributed by atoms with Gasteiger partial charge in [-0.1, -0.05) is 46.1 Å². The van der Waals surface area contributed by atoms with Crippen molar-refractivity contribution in [2.24, 2.45) is 12.8 Å². The highest BCUT2D eigenvalue weighted by molar-refractivity contribution is 5.77. The minimum absolute atomic E-state index is 0.0547. The molecule has 3 rings (SSSR count). The molecule has 0 amide bonds. The summed E-state index contributed by atoms with van der Waals surface area (Å²) in [5.41, 5.74) is 10.1. The number of fused-ring (bicyclic) bond motifs is 1. The third kappa shape index (κ3) is 2.48. The summed E-state index contributed by atoms with van der Waals surface area (Å²) in [4.78, 5) is 4.88. The van der Waals surface area contributed by atoms with Crippen LogP contribution in [0.1, 0.15) is 64.3 Å². The van der Waals surface area contributed by atoms with Gasteiger partial charge in [0.05, 0.1) is 11.0 Å². The summed E-state index contributed by atoms with van der Waals surface area (Å²) in [7, 11) is 2.11. The van der Waals surface area contributed by atoms with E-state index in [1.807, 2.05) is 0 Å². The van der Waals surface area contributed by atoms with Gasteiger partial charge >= 0.3 is 0 Å². The van der Waals surface area contributed by atoms with Crippen LogP contribution in [0.15, 0.2) is 18.2 Å². The lowest BCUT2D eigenvalue weighted by atomic mass is 9.77. The van der Waals surface area contributed by atoms with Crippen LogP contribution in [-0.2, 0) is 18.0 Å². The second kappa shape index (κ2) is 4.84. The first kappa shape index (κ1) is 14.6. The molecule has 0 spiro atoms. The molecular formula is C18H27N3. The molecule has 2 N–H and O–H groups in total. The molecule has 0 bridgehead atoms. The first-order chi connectivity index (χ1) is 9.81. The van der Waals surface area contributed by atoms with Gasteiger partial charge in [-0.05, 0) is 30.5 Å². The molecular weight excluding hydrogens is 258 g/mol. The van der Waals surface area contributed by atoms with Crippen LogP contribution in [0.4, 0.5) is 0 Å². The van der Waals surface area contributed by atoms with E-state index in [0.717, 1.165) is 24.2 Å². The van der Waals surface area contributed by atoms with Crippen LogP contribution in [0.5, 0.6) is 0 Å². The van der Waals surface area contributed by atoms with Gasteiger partial charge in [0, 0.05) is 18.0 Å². The highest BCUT2D eigenvalue weighted by atomic mass is 15.1. The second-order valence-corrected chi connectivity index (χ2v) is 7.66.